The lowest BCUT2D eigenvalue weighted by Crippen LogP contribution is -2.22. The third-order valence-electron chi connectivity index (χ3n) is 3.28. The molecule has 0 saturated carbocycles. The van der Waals surface area contributed by atoms with Gasteiger partial charge in [-0.25, -0.2) is 0 Å². The van der Waals surface area contributed by atoms with Crippen molar-refractivity contribution in [1.82, 2.24) is 5.32 Å². The largest absolute Gasteiger partial charge is 0.493 e. The second-order valence-electron chi connectivity index (χ2n) is 4.67. The summed E-state index contributed by atoms with van der Waals surface area (Å²) in [4.78, 5) is 0. The van der Waals surface area contributed by atoms with Crippen LogP contribution in [0.1, 0.15) is 12.0 Å². The Balaban J connectivity index is 1.94. The zero-order valence-electron chi connectivity index (χ0n) is 11.4. The maximum Gasteiger partial charge on any atom is 0.179 e. The summed E-state index contributed by atoms with van der Waals surface area (Å²) in [5.41, 5.74) is 1.12. The average Bonchev–Trinajstić information content (AvgIpc) is 2.91. The van der Waals surface area contributed by atoms with Gasteiger partial charge in [0.15, 0.2) is 11.5 Å². The molecule has 0 spiro atoms. The molecular weight excluding hydrogens is 282 g/mol. The first-order valence-corrected chi connectivity index (χ1v) is 7.96. The first-order chi connectivity index (χ1) is 9.24. The van der Waals surface area contributed by atoms with Gasteiger partial charge < -0.3 is 14.8 Å². The molecular formula is C14H20ClNO2S. The van der Waals surface area contributed by atoms with Crippen LogP contribution < -0.4 is 14.8 Å². The highest BCUT2D eigenvalue weighted by atomic mass is 35.5. The highest BCUT2D eigenvalue weighted by Crippen LogP contribution is 2.36. The summed E-state index contributed by atoms with van der Waals surface area (Å²) < 4.78 is 10.5. The number of nitrogens with one attached hydrogen (secondary N) is 1. The SMILES string of the molecule is COc1cc(CNCC2CCSC2)cc(Cl)c1OC. The van der Waals surface area contributed by atoms with Gasteiger partial charge in [-0.15, -0.1) is 0 Å². The van der Waals surface area contributed by atoms with Gasteiger partial charge in [-0.3, -0.25) is 0 Å². The van der Waals surface area contributed by atoms with Crippen LogP contribution in [0, 0.1) is 5.92 Å². The minimum atomic E-state index is 0.593. The summed E-state index contributed by atoms with van der Waals surface area (Å²) in [5, 5.41) is 4.08. The lowest BCUT2D eigenvalue weighted by Gasteiger charge is -2.13. The van der Waals surface area contributed by atoms with Crippen molar-refractivity contribution in [2.24, 2.45) is 5.92 Å². The zero-order chi connectivity index (χ0) is 13.7. The fraction of sp³-hybridized carbons (Fsp3) is 0.571. The second-order valence-corrected chi connectivity index (χ2v) is 6.23. The van der Waals surface area contributed by atoms with Gasteiger partial charge in [0.2, 0.25) is 0 Å². The molecule has 1 aromatic carbocycles. The molecule has 1 heterocycles. The molecule has 0 aliphatic carbocycles. The molecule has 0 amide bonds. The van der Waals surface area contributed by atoms with E-state index < -0.39 is 0 Å². The molecule has 1 saturated heterocycles. The molecule has 1 aliphatic rings. The van der Waals surface area contributed by atoms with Crippen molar-refractivity contribution in [3.05, 3.63) is 22.7 Å². The first-order valence-electron chi connectivity index (χ1n) is 6.43. The molecule has 1 aromatic rings. The highest BCUT2D eigenvalue weighted by molar-refractivity contribution is 7.99. The van der Waals surface area contributed by atoms with Crippen molar-refractivity contribution >= 4 is 23.4 Å². The molecule has 5 heteroatoms. The van der Waals surface area contributed by atoms with Crippen LogP contribution in [0.2, 0.25) is 5.02 Å². The molecule has 1 N–H and O–H groups in total. The predicted octanol–water partition coefficient (Wildman–Crippen LogP) is 3.20. The van der Waals surface area contributed by atoms with E-state index in [1.54, 1.807) is 14.2 Å². The summed E-state index contributed by atoms with van der Waals surface area (Å²) in [6.07, 6.45) is 1.32. The minimum Gasteiger partial charge on any atom is -0.493 e. The molecule has 19 heavy (non-hydrogen) atoms. The summed E-state index contributed by atoms with van der Waals surface area (Å²) in [7, 11) is 3.22. The normalized spacial score (nSPS) is 18.6. The number of rotatable bonds is 6. The Bertz CT molecular complexity index is 422. The number of hydrogen-bond acceptors (Lipinski definition) is 4. The fourth-order valence-electron chi connectivity index (χ4n) is 2.24. The number of thioether (sulfide) groups is 1. The van der Waals surface area contributed by atoms with Crippen molar-refractivity contribution < 1.29 is 9.47 Å². The Morgan fingerprint density at radius 3 is 2.84 bits per heavy atom. The van der Waals surface area contributed by atoms with Gasteiger partial charge in [0, 0.05) is 6.54 Å². The van der Waals surface area contributed by atoms with Crippen LogP contribution in [0.3, 0.4) is 0 Å². The molecule has 0 radical (unpaired) electrons. The van der Waals surface area contributed by atoms with Crippen molar-refractivity contribution in [3.8, 4) is 11.5 Å². The van der Waals surface area contributed by atoms with Crippen molar-refractivity contribution in [2.75, 3.05) is 32.3 Å². The number of methoxy groups -OCH3 is 2. The topological polar surface area (TPSA) is 30.5 Å². The highest BCUT2D eigenvalue weighted by Gasteiger charge is 2.15. The molecule has 106 valence electrons. The lowest BCUT2D eigenvalue weighted by atomic mass is 10.1. The average molecular weight is 302 g/mol. The van der Waals surface area contributed by atoms with Crippen molar-refractivity contribution in [2.45, 2.75) is 13.0 Å². The van der Waals surface area contributed by atoms with Crippen LogP contribution in [0.5, 0.6) is 11.5 Å². The van der Waals surface area contributed by atoms with E-state index in [0.29, 0.717) is 16.5 Å². The Morgan fingerprint density at radius 2 is 2.21 bits per heavy atom. The van der Waals surface area contributed by atoms with E-state index in [0.717, 1.165) is 24.6 Å². The fourth-order valence-corrected chi connectivity index (χ4v) is 3.83. The summed E-state index contributed by atoms with van der Waals surface area (Å²) in [6, 6.07) is 3.90. The maximum atomic E-state index is 6.18. The van der Waals surface area contributed by atoms with Crippen LogP contribution in [0.4, 0.5) is 0 Å². The quantitative estimate of drug-likeness (QED) is 0.874. The molecule has 1 aliphatic heterocycles. The summed E-state index contributed by atoms with van der Waals surface area (Å²) in [5.74, 6) is 4.66. The van der Waals surface area contributed by atoms with Crippen molar-refractivity contribution in [3.63, 3.8) is 0 Å². The van der Waals surface area contributed by atoms with Gasteiger partial charge in [0.25, 0.3) is 0 Å². The van der Waals surface area contributed by atoms with Gasteiger partial charge >= 0.3 is 0 Å². The van der Waals surface area contributed by atoms with E-state index in [4.69, 9.17) is 21.1 Å². The Morgan fingerprint density at radius 1 is 1.37 bits per heavy atom. The van der Waals surface area contributed by atoms with Gasteiger partial charge in [0.05, 0.1) is 19.2 Å². The molecule has 1 unspecified atom stereocenters. The van der Waals surface area contributed by atoms with E-state index in [9.17, 15) is 0 Å². The summed E-state index contributed by atoms with van der Waals surface area (Å²) in [6.45, 7) is 1.88. The predicted molar refractivity (Wildman–Crippen MR) is 81.7 cm³/mol. The molecule has 0 aromatic heterocycles. The van der Waals surface area contributed by atoms with Gasteiger partial charge in [-0.1, -0.05) is 11.6 Å². The molecule has 2 rings (SSSR count). The zero-order valence-corrected chi connectivity index (χ0v) is 12.9. The van der Waals surface area contributed by atoms with Gasteiger partial charge in [0.1, 0.15) is 0 Å². The lowest BCUT2D eigenvalue weighted by molar-refractivity contribution is 0.354. The molecule has 1 atom stereocenters. The summed E-state index contributed by atoms with van der Waals surface area (Å²) >= 11 is 8.23. The first kappa shape index (κ1) is 14.8. The maximum absolute atomic E-state index is 6.18. The van der Waals surface area contributed by atoms with E-state index in [1.807, 2.05) is 23.9 Å². The number of halogens is 1. The van der Waals surface area contributed by atoms with Crippen LogP contribution in [-0.2, 0) is 6.54 Å². The standard InChI is InChI=1S/C14H20ClNO2S/c1-17-13-6-11(5-12(15)14(13)18-2)8-16-7-10-3-4-19-9-10/h5-6,10,16H,3-4,7-9H2,1-2H3. The molecule has 0 bridgehead atoms. The minimum absolute atomic E-state index is 0.593. The number of benzene rings is 1. The van der Waals surface area contributed by atoms with E-state index in [1.165, 1.54) is 17.9 Å². The van der Waals surface area contributed by atoms with E-state index in [-0.39, 0.29) is 0 Å². The smallest absolute Gasteiger partial charge is 0.179 e. The third kappa shape index (κ3) is 3.94. The molecule has 1 fully saturated rings. The van der Waals surface area contributed by atoms with Gasteiger partial charge in [-0.2, -0.15) is 11.8 Å². The number of hydrogen-bond donors (Lipinski definition) is 1. The third-order valence-corrected chi connectivity index (χ3v) is 4.79. The van der Waals surface area contributed by atoms with Crippen molar-refractivity contribution in [1.29, 1.82) is 0 Å². The van der Waals surface area contributed by atoms with Crippen LogP contribution >= 0.6 is 23.4 Å². The molecule has 3 nitrogen and oxygen atoms in total. The monoisotopic (exact) mass is 301 g/mol. The second kappa shape index (κ2) is 7.27. The van der Waals surface area contributed by atoms with E-state index >= 15 is 0 Å². The van der Waals surface area contributed by atoms with Crippen LogP contribution in [0.25, 0.3) is 0 Å². The van der Waals surface area contributed by atoms with Crippen LogP contribution in [-0.4, -0.2) is 32.3 Å². The number of ether oxygens (including phenoxy) is 2. The van der Waals surface area contributed by atoms with E-state index in [2.05, 4.69) is 5.32 Å². The van der Waals surface area contributed by atoms with Crippen LogP contribution in [0.15, 0.2) is 12.1 Å². The Labute approximate surface area is 124 Å². The Kier molecular flexibility index (Phi) is 5.67. The van der Waals surface area contributed by atoms with Gasteiger partial charge in [-0.05, 0) is 48.1 Å². The Hall–Kier alpha value is -0.580.